The molecule has 6 N–H and O–H groups in total. The number of nitrogens with zero attached hydrogens (tertiary/aromatic N) is 1. The van der Waals surface area contributed by atoms with E-state index < -0.39 is 42.3 Å². The second-order valence-electron chi connectivity index (χ2n) is 10.5. The number of rotatable bonds is 13. The van der Waals surface area contributed by atoms with Crippen molar-refractivity contribution in [3.8, 4) is 5.75 Å². The van der Waals surface area contributed by atoms with Crippen LogP contribution in [0, 0.1) is 5.82 Å². The number of nitrogen functional groups attached to an aromatic ring is 1. The summed E-state index contributed by atoms with van der Waals surface area (Å²) in [6, 6.07) is 13.7. The second kappa shape index (κ2) is 15.3. The number of nitrogens with one attached hydrogen (secondary N) is 3. The van der Waals surface area contributed by atoms with Gasteiger partial charge in [0.15, 0.2) is 0 Å². The molecule has 4 rings (SSSR count). The van der Waals surface area contributed by atoms with Gasteiger partial charge in [0.1, 0.15) is 23.4 Å². The summed E-state index contributed by atoms with van der Waals surface area (Å²) in [6.45, 7) is 6.05. The number of hydrogen-bond acceptors (Lipinski definition) is 9. The number of halogens is 1. The molecule has 0 aliphatic carbocycles. The molecule has 0 radical (unpaired) electrons. The van der Waals surface area contributed by atoms with Gasteiger partial charge >= 0.3 is 12.1 Å². The highest BCUT2D eigenvalue weighted by atomic mass is 32.2. The molecule has 46 heavy (non-hydrogen) atoms. The van der Waals surface area contributed by atoms with E-state index in [4.69, 9.17) is 15.2 Å². The Morgan fingerprint density at radius 3 is 2.48 bits per heavy atom. The van der Waals surface area contributed by atoms with Crippen molar-refractivity contribution < 1.29 is 33.4 Å². The van der Waals surface area contributed by atoms with Gasteiger partial charge in [0.05, 0.1) is 26.2 Å². The van der Waals surface area contributed by atoms with Crippen LogP contribution in [0.3, 0.4) is 0 Å². The minimum Gasteiger partial charge on any atom is -0.494 e. The molecule has 0 saturated carbocycles. The van der Waals surface area contributed by atoms with Gasteiger partial charge in [0.25, 0.3) is 0 Å². The van der Waals surface area contributed by atoms with Crippen molar-refractivity contribution in [2.75, 3.05) is 30.1 Å². The van der Waals surface area contributed by atoms with Gasteiger partial charge in [-0.05, 0) is 78.5 Å². The monoisotopic (exact) mass is 649 g/mol. The zero-order valence-electron chi connectivity index (χ0n) is 25.8. The molecule has 4 aromatic rings. The Hall–Kier alpha value is -5.04. The number of fused-ring (bicyclic) bond motifs is 1. The van der Waals surface area contributed by atoms with Crippen LogP contribution < -0.4 is 26.4 Å². The van der Waals surface area contributed by atoms with Crippen LogP contribution in [0.1, 0.15) is 50.4 Å². The minimum absolute atomic E-state index is 0.00949. The fourth-order valence-electron chi connectivity index (χ4n) is 4.84. The van der Waals surface area contributed by atoms with Gasteiger partial charge in [-0.25, -0.2) is 14.2 Å². The number of carboxylic acid groups (broad SMARTS) is 1. The molecular formula is C33H36FN5O6S. The van der Waals surface area contributed by atoms with Crippen molar-refractivity contribution in [1.29, 1.82) is 0 Å². The normalized spacial score (nSPS) is 12.3. The minimum atomic E-state index is -1.31. The first-order valence-corrected chi connectivity index (χ1v) is 15.4. The second-order valence-corrected chi connectivity index (χ2v) is 12.1. The fraction of sp³-hybridized carbons (Fsp3) is 0.273. The molecule has 0 fully saturated rings. The lowest BCUT2D eigenvalue weighted by molar-refractivity contribution is -0.137. The van der Waals surface area contributed by atoms with E-state index in [1.807, 2.05) is 13.8 Å². The van der Waals surface area contributed by atoms with Crippen LogP contribution >= 0.6 is 11.8 Å². The van der Waals surface area contributed by atoms with E-state index in [1.165, 1.54) is 37.1 Å². The number of carbonyl (C=O) groups excluding carboxylic acids is 2. The van der Waals surface area contributed by atoms with Gasteiger partial charge in [0, 0.05) is 38.7 Å². The predicted molar refractivity (Wildman–Crippen MR) is 177 cm³/mol. The quantitative estimate of drug-likeness (QED) is 0.101. The zero-order chi connectivity index (χ0) is 33.4. The first kappa shape index (κ1) is 33.8. The third kappa shape index (κ3) is 8.57. The molecule has 11 nitrogen and oxygen atoms in total. The first-order chi connectivity index (χ1) is 22.0. The number of pyridine rings is 1. The number of aliphatic carboxylic acids is 1. The number of benzene rings is 3. The highest BCUT2D eigenvalue weighted by Crippen LogP contribution is 2.35. The number of anilines is 3. The number of hydrogen-bond donors (Lipinski definition) is 5. The molecule has 0 aliphatic heterocycles. The largest absolute Gasteiger partial charge is 0.494 e. The zero-order valence-corrected chi connectivity index (χ0v) is 26.6. The van der Waals surface area contributed by atoms with Crippen LogP contribution in [-0.4, -0.2) is 47.0 Å². The summed E-state index contributed by atoms with van der Waals surface area (Å²) in [6.07, 6.45) is 0.356. The molecule has 242 valence electrons. The molecule has 0 bridgehead atoms. The van der Waals surface area contributed by atoms with E-state index in [1.54, 1.807) is 55.6 Å². The molecule has 3 aromatic carbocycles. The van der Waals surface area contributed by atoms with Crippen LogP contribution in [-0.2, 0) is 14.3 Å². The van der Waals surface area contributed by atoms with E-state index >= 15 is 4.39 Å². The number of aromatic nitrogens is 1. The summed E-state index contributed by atoms with van der Waals surface area (Å²) in [5.74, 6) is -1.84. The molecule has 2 atom stereocenters. The van der Waals surface area contributed by atoms with E-state index in [-0.39, 0.29) is 10.8 Å². The van der Waals surface area contributed by atoms with Crippen molar-refractivity contribution in [2.24, 2.45) is 0 Å². The van der Waals surface area contributed by atoms with Crippen LogP contribution in [0.2, 0.25) is 0 Å². The van der Waals surface area contributed by atoms with Gasteiger partial charge < -0.3 is 30.9 Å². The van der Waals surface area contributed by atoms with Gasteiger partial charge in [-0.3, -0.25) is 14.9 Å². The smallest absolute Gasteiger partial charge is 0.411 e. The van der Waals surface area contributed by atoms with Crippen molar-refractivity contribution in [3.63, 3.8) is 0 Å². The van der Waals surface area contributed by atoms with Gasteiger partial charge in [0.2, 0.25) is 5.91 Å². The maximum absolute atomic E-state index is 15.5. The Balaban J connectivity index is 1.79. The first-order valence-electron chi connectivity index (χ1n) is 14.5. The predicted octanol–water partition coefficient (Wildman–Crippen LogP) is 6.52. The fourth-order valence-corrected chi connectivity index (χ4v) is 5.83. The summed E-state index contributed by atoms with van der Waals surface area (Å²) in [5.41, 5.74) is 7.28. The highest BCUT2D eigenvalue weighted by molar-refractivity contribution is 8.00. The van der Waals surface area contributed by atoms with Crippen LogP contribution in [0.15, 0.2) is 71.8 Å². The van der Waals surface area contributed by atoms with Gasteiger partial charge in [-0.15, -0.1) is 11.8 Å². The lowest BCUT2D eigenvalue weighted by Crippen LogP contribution is -2.37. The summed E-state index contributed by atoms with van der Waals surface area (Å²) in [7, 11) is 1.22. The summed E-state index contributed by atoms with van der Waals surface area (Å²) >= 11 is 1.46. The number of nitrogens with two attached hydrogens (primary N) is 1. The van der Waals surface area contributed by atoms with E-state index in [0.717, 1.165) is 5.39 Å². The van der Waals surface area contributed by atoms with E-state index in [9.17, 15) is 19.5 Å². The molecule has 0 aliphatic rings. The number of carbonyl (C=O) groups is 3. The Bertz CT molecular complexity index is 1740. The third-order valence-electron chi connectivity index (χ3n) is 6.83. The van der Waals surface area contributed by atoms with E-state index in [0.29, 0.717) is 45.4 Å². The molecule has 0 saturated heterocycles. The Labute approximate surface area is 270 Å². The van der Waals surface area contributed by atoms with Crippen LogP contribution in [0.4, 0.5) is 26.4 Å². The number of carboxylic acids is 1. The maximum Gasteiger partial charge on any atom is 0.411 e. The number of methoxy groups -OCH3 is 1. The van der Waals surface area contributed by atoms with Crippen molar-refractivity contribution >= 4 is 57.7 Å². The number of thioether (sulfide) groups is 1. The Morgan fingerprint density at radius 2 is 1.78 bits per heavy atom. The number of amides is 2. The highest BCUT2D eigenvalue weighted by Gasteiger charge is 2.30. The SMILES string of the molecule is CCOc1ccc(F)c([C@@H](Nc2ccc3c(N)nccc3c2)C(=O)NC(CC(=O)O)c2cc(NC(=O)OC)ccc2SC(C)C)c1. The summed E-state index contributed by atoms with van der Waals surface area (Å²) in [5, 5.41) is 20.0. The Kier molecular flexibility index (Phi) is 11.3. The van der Waals surface area contributed by atoms with Gasteiger partial charge in [-0.1, -0.05) is 13.8 Å². The lowest BCUT2D eigenvalue weighted by Gasteiger charge is -2.26. The number of ether oxygens (including phenoxy) is 2. The molecule has 13 heteroatoms. The molecule has 2 amide bonds. The molecule has 1 aromatic heterocycles. The van der Waals surface area contributed by atoms with Crippen LogP contribution in [0.25, 0.3) is 10.8 Å². The van der Waals surface area contributed by atoms with Crippen molar-refractivity contribution in [1.82, 2.24) is 10.3 Å². The average Bonchev–Trinajstić information content (AvgIpc) is 3.01. The maximum atomic E-state index is 15.5. The van der Waals surface area contributed by atoms with Crippen molar-refractivity contribution in [3.05, 3.63) is 83.8 Å². The standard InChI is InChI=1S/C33H36FN5O6S/c1-5-45-22-8-10-26(34)24(16-22)30(37-20-6-9-23-19(14-20)12-13-36-31(23)35)32(42)39-27(17-29(40)41)25-15-21(38-33(43)44-4)7-11-28(25)46-18(2)3/h6-16,18,27,30,37H,5,17H2,1-4H3,(H2,35,36)(H,38,43)(H,39,42)(H,40,41)/t27?,30-/m1/s1. The van der Waals surface area contributed by atoms with Crippen LogP contribution in [0.5, 0.6) is 5.75 Å². The van der Waals surface area contributed by atoms with E-state index in [2.05, 4.69) is 20.9 Å². The Morgan fingerprint density at radius 1 is 1.02 bits per heavy atom. The topological polar surface area (TPSA) is 165 Å². The molecular weight excluding hydrogens is 613 g/mol. The summed E-state index contributed by atoms with van der Waals surface area (Å²) < 4.78 is 25.8. The summed E-state index contributed by atoms with van der Waals surface area (Å²) in [4.78, 5) is 43.0. The van der Waals surface area contributed by atoms with Crippen molar-refractivity contribution in [2.45, 2.75) is 49.4 Å². The average molecular weight is 650 g/mol. The van der Waals surface area contributed by atoms with Gasteiger partial charge in [-0.2, -0.15) is 0 Å². The molecule has 1 heterocycles. The lowest BCUT2D eigenvalue weighted by atomic mass is 9.99. The molecule has 0 spiro atoms. The molecule has 1 unspecified atom stereocenters. The third-order valence-corrected chi connectivity index (χ3v) is 7.93.